The van der Waals surface area contributed by atoms with Crippen molar-refractivity contribution in [2.45, 2.75) is 26.2 Å². The summed E-state index contributed by atoms with van der Waals surface area (Å²) in [6.07, 6.45) is 0. The lowest BCUT2D eigenvalue weighted by Crippen LogP contribution is -2.13. The summed E-state index contributed by atoms with van der Waals surface area (Å²) in [5.41, 5.74) is 5.54. The van der Waals surface area contributed by atoms with E-state index >= 15 is 0 Å². The molecule has 0 spiro atoms. The van der Waals surface area contributed by atoms with Gasteiger partial charge in [0.05, 0.1) is 9.88 Å². The largest absolute Gasteiger partial charge is 0.391 e. The van der Waals surface area contributed by atoms with Crippen LogP contribution < -0.4 is 5.73 Å². The second-order valence-corrected chi connectivity index (χ2v) is 5.49. The fourth-order valence-corrected chi connectivity index (χ4v) is 1.79. The van der Waals surface area contributed by atoms with Gasteiger partial charge >= 0.3 is 0 Å². The van der Waals surface area contributed by atoms with Crippen LogP contribution in [0.25, 0.3) is 10.8 Å². The highest BCUT2D eigenvalue weighted by molar-refractivity contribution is 7.19. The van der Waals surface area contributed by atoms with E-state index in [0.29, 0.717) is 11.7 Å². The molecular formula is C10H13N3OS. The summed E-state index contributed by atoms with van der Waals surface area (Å²) in [6.45, 7) is 6.14. The standard InChI is InChI=1S/C10H13N3OS/c1-10(2,3)9-12-8(14-13-9)6-4-5-7(11)15-6/h4-5H,11H2,1-3H3. The average Bonchev–Trinajstić information content (AvgIpc) is 2.69. The Kier molecular flexibility index (Phi) is 2.26. The molecule has 0 unspecified atom stereocenters. The van der Waals surface area contributed by atoms with E-state index in [0.717, 1.165) is 9.88 Å². The maximum Gasteiger partial charge on any atom is 0.268 e. The van der Waals surface area contributed by atoms with Gasteiger partial charge in [-0.15, -0.1) is 11.3 Å². The normalized spacial score (nSPS) is 11.9. The lowest BCUT2D eigenvalue weighted by molar-refractivity contribution is 0.403. The molecule has 0 aromatic carbocycles. The highest BCUT2D eigenvalue weighted by Crippen LogP contribution is 2.29. The van der Waals surface area contributed by atoms with E-state index in [1.807, 2.05) is 32.9 Å². The first kappa shape index (κ1) is 10.2. The fourth-order valence-electron chi connectivity index (χ4n) is 1.10. The molecule has 2 heterocycles. The van der Waals surface area contributed by atoms with E-state index in [1.54, 1.807) is 0 Å². The van der Waals surface area contributed by atoms with Crippen molar-refractivity contribution >= 4 is 16.3 Å². The molecule has 0 aliphatic heterocycles. The first-order valence-corrected chi connectivity index (χ1v) is 5.48. The summed E-state index contributed by atoms with van der Waals surface area (Å²) in [5, 5.41) is 4.70. The van der Waals surface area contributed by atoms with Crippen molar-refractivity contribution in [2.75, 3.05) is 5.73 Å². The van der Waals surface area contributed by atoms with E-state index in [-0.39, 0.29) is 5.41 Å². The molecule has 4 nitrogen and oxygen atoms in total. The molecule has 0 fully saturated rings. The first-order valence-electron chi connectivity index (χ1n) is 4.67. The van der Waals surface area contributed by atoms with Crippen LogP contribution in [0.15, 0.2) is 16.7 Å². The van der Waals surface area contributed by atoms with Crippen LogP contribution in [-0.2, 0) is 5.41 Å². The number of hydrogen-bond donors (Lipinski definition) is 1. The number of anilines is 1. The van der Waals surface area contributed by atoms with Crippen molar-refractivity contribution in [3.63, 3.8) is 0 Å². The summed E-state index contributed by atoms with van der Waals surface area (Å²) in [4.78, 5) is 5.25. The van der Waals surface area contributed by atoms with Crippen LogP contribution in [0.1, 0.15) is 26.6 Å². The number of nitrogens with two attached hydrogens (primary N) is 1. The Morgan fingerprint density at radius 1 is 1.33 bits per heavy atom. The molecule has 15 heavy (non-hydrogen) atoms. The maximum absolute atomic E-state index is 5.64. The van der Waals surface area contributed by atoms with Crippen molar-refractivity contribution in [3.05, 3.63) is 18.0 Å². The minimum atomic E-state index is -0.0927. The summed E-state index contributed by atoms with van der Waals surface area (Å²) in [6, 6.07) is 3.72. The van der Waals surface area contributed by atoms with E-state index in [2.05, 4.69) is 10.1 Å². The summed E-state index contributed by atoms with van der Waals surface area (Å²) >= 11 is 1.45. The van der Waals surface area contributed by atoms with Gasteiger partial charge in [-0.1, -0.05) is 25.9 Å². The van der Waals surface area contributed by atoms with Gasteiger partial charge in [0, 0.05) is 5.41 Å². The smallest absolute Gasteiger partial charge is 0.268 e. The van der Waals surface area contributed by atoms with Gasteiger partial charge < -0.3 is 10.3 Å². The third-order valence-corrected chi connectivity index (χ3v) is 2.84. The Morgan fingerprint density at radius 2 is 2.07 bits per heavy atom. The molecule has 80 valence electrons. The second kappa shape index (κ2) is 3.34. The molecule has 0 saturated heterocycles. The zero-order chi connectivity index (χ0) is 11.1. The van der Waals surface area contributed by atoms with E-state index in [1.165, 1.54) is 11.3 Å². The molecule has 0 saturated carbocycles. The third kappa shape index (κ3) is 2.02. The summed E-state index contributed by atoms with van der Waals surface area (Å²) in [5.74, 6) is 1.26. The Hall–Kier alpha value is -1.36. The van der Waals surface area contributed by atoms with Gasteiger partial charge in [-0.2, -0.15) is 4.98 Å². The lowest BCUT2D eigenvalue weighted by Gasteiger charge is -2.10. The van der Waals surface area contributed by atoms with Crippen molar-refractivity contribution in [3.8, 4) is 10.8 Å². The van der Waals surface area contributed by atoms with Gasteiger partial charge in [-0.3, -0.25) is 0 Å². The predicted octanol–water partition coefficient (Wildman–Crippen LogP) is 2.68. The van der Waals surface area contributed by atoms with Crippen LogP contribution in [0.2, 0.25) is 0 Å². The Balaban J connectivity index is 2.36. The molecule has 0 radical (unpaired) electrons. The second-order valence-electron chi connectivity index (χ2n) is 4.38. The van der Waals surface area contributed by atoms with E-state index in [4.69, 9.17) is 10.3 Å². The molecule has 5 heteroatoms. The number of aromatic nitrogens is 2. The monoisotopic (exact) mass is 223 g/mol. The molecule has 2 aromatic heterocycles. The summed E-state index contributed by atoms with van der Waals surface area (Å²) < 4.78 is 5.18. The quantitative estimate of drug-likeness (QED) is 0.807. The molecule has 0 aliphatic rings. The average molecular weight is 223 g/mol. The molecule has 0 aliphatic carbocycles. The van der Waals surface area contributed by atoms with Gasteiger partial charge in [0.1, 0.15) is 0 Å². The number of nitrogens with zero attached hydrogens (tertiary/aromatic N) is 2. The SMILES string of the molecule is CC(C)(C)c1noc(-c2ccc(N)s2)n1. The highest BCUT2D eigenvalue weighted by Gasteiger charge is 2.21. The van der Waals surface area contributed by atoms with Gasteiger partial charge in [0.25, 0.3) is 5.89 Å². The van der Waals surface area contributed by atoms with Crippen molar-refractivity contribution < 1.29 is 4.52 Å². The molecule has 0 amide bonds. The van der Waals surface area contributed by atoms with Crippen LogP contribution in [-0.4, -0.2) is 10.1 Å². The highest BCUT2D eigenvalue weighted by atomic mass is 32.1. The fraction of sp³-hybridized carbons (Fsp3) is 0.400. The van der Waals surface area contributed by atoms with Crippen LogP contribution in [0, 0.1) is 0 Å². The first-order chi connectivity index (χ1) is 6.97. The molecule has 0 atom stereocenters. The Morgan fingerprint density at radius 3 is 2.53 bits per heavy atom. The van der Waals surface area contributed by atoms with Crippen LogP contribution in [0.4, 0.5) is 5.00 Å². The van der Waals surface area contributed by atoms with Crippen LogP contribution in [0.3, 0.4) is 0 Å². The maximum atomic E-state index is 5.64. The number of rotatable bonds is 1. The third-order valence-electron chi connectivity index (χ3n) is 1.93. The predicted molar refractivity (Wildman–Crippen MR) is 60.7 cm³/mol. The molecule has 2 N–H and O–H groups in total. The van der Waals surface area contributed by atoms with Gasteiger partial charge in [-0.05, 0) is 12.1 Å². The minimum absolute atomic E-state index is 0.0927. The van der Waals surface area contributed by atoms with Gasteiger partial charge in [-0.25, -0.2) is 0 Å². The van der Waals surface area contributed by atoms with Crippen molar-refractivity contribution in [2.24, 2.45) is 0 Å². The zero-order valence-corrected chi connectivity index (χ0v) is 9.76. The molecular weight excluding hydrogens is 210 g/mol. The lowest BCUT2D eigenvalue weighted by atomic mass is 9.96. The van der Waals surface area contributed by atoms with Crippen LogP contribution in [0.5, 0.6) is 0 Å². The van der Waals surface area contributed by atoms with Crippen LogP contribution >= 0.6 is 11.3 Å². The zero-order valence-electron chi connectivity index (χ0n) is 8.94. The van der Waals surface area contributed by atoms with E-state index < -0.39 is 0 Å². The minimum Gasteiger partial charge on any atom is -0.391 e. The van der Waals surface area contributed by atoms with E-state index in [9.17, 15) is 0 Å². The van der Waals surface area contributed by atoms with Gasteiger partial charge in [0.15, 0.2) is 5.82 Å². The molecule has 2 rings (SSSR count). The number of nitrogen functional groups attached to an aromatic ring is 1. The Bertz CT molecular complexity index is 467. The van der Waals surface area contributed by atoms with Crippen molar-refractivity contribution in [1.29, 1.82) is 0 Å². The molecule has 0 bridgehead atoms. The Labute approximate surface area is 92.1 Å². The topological polar surface area (TPSA) is 64.9 Å². The van der Waals surface area contributed by atoms with Gasteiger partial charge in [0.2, 0.25) is 0 Å². The van der Waals surface area contributed by atoms with Crippen molar-refractivity contribution in [1.82, 2.24) is 10.1 Å². The number of hydrogen-bond acceptors (Lipinski definition) is 5. The molecule has 2 aromatic rings. The summed E-state index contributed by atoms with van der Waals surface area (Å²) in [7, 11) is 0. The number of thiophene rings is 1.